The fourth-order valence-electron chi connectivity index (χ4n) is 3.10. The predicted molar refractivity (Wildman–Crippen MR) is 83.2 cm³/mol. The van der Waals surface area contributed by atoms with E-state index in [1.54, 1.807) is 18.2 Å². The number of fused-ring (bicyclic) bond motifs is 1. The standard InChI is InChI=1S/C16H17Cl2NO/c17-13-8-7-10(9-14(13)18)19-16(20)15-11-5-3-1-2-4-6-12(11)15/h3,5,7-9,11-12,15H,1-2,4,6H2,(H,19,20)/t11-,12+,15-/m1/s1. The summed E-state index contributed by atoms with van der Waals surface area (Å²) in [5.41, 5.74) is 0.715. The fraction of sp³-hybridized carbons (Fsp3) is 0.438. The Hall–Kier alpha value is -0.990. The maximum atomic E-state index is 12.3. The van der Waals surface area contributed by atoms with Crippen LogP contribution in [0, 0.1) is 17.8 Å². The van der Waals surface area contributed by atoms with Crippen LogP contribution in [0.5, 0.6) is 0 Å². The molecule has 0 radical (unpaired) electrons. The Bertz CT molecular complexity index is 555. The van der Waals surface area contributed by atoms with Crippen LogP contribution in [0.15, 0.2) is 30.4 Å². The number of nitrogens with one attached hydrogen (secondary N) is 1. The number of rotatable bonds is 2. The van der Waals surface area contributed by atoms with E-state index < -0.39 is 0 Å². The van der Waals surface area contributed by atoms with Crippen molar-refractivity contribution in [2.75, 3.05) is 5.32 Å². The van der Waals surface area contributed by atoms with E-state index in [9.17, 15) is 4.79 Å². The summed E-state index contributed by atoms with van der Waals surface area (Å²) in [6.07, 6.45) is 9.22. The van der Waals surface area contributed by atoms with Crippen LogP contribution in [0.25, 0.3) is 0 Å². The van der Waals surface area contributed by atoms with Crippen LogP contribution in [0.3, 0.4) is 0 Å². The first kappa shape index (κ1) is 14.0. The number of halogens is 2. The molecule has 0 saturated heterocycles. The lowest BCUT2D eigenvalue weighted by molar-refractivity contribution is -0.117. The first-order chi connectivity index (χ1) is 9.66. The molecule has 1 fully saturated rings. The van der Waals surface area contributed by atoms with Crippen molar-refractivity contribution in [1.82, 2.24) is 0 Å². The van der Waals surface area contributed by atoms with Gasteiger partial charge in [0.15, 0.2) is 0 Å². The van der Waals surface area contributed by atoms with E-state index in [0.29, 0.717) is 27.6 Å². The van der Waals surface area contributed by atoms with Gasteiger partial charge in [-0.2, -0.15) is 0 Å². The third-order valence-corrected chi connectivity index (χ3v) is 4.97. The lowest BCUT2D eigenvalue weighted by Crippen LogP contribution is -2.15. The van der Waals surface area contributed by atoms with Crippen molar-refractivity contribution in [2.24, 2.45) is 17.8 Å². The van der Waals surface area contributed by atoms with E-state index in [4.69, 9.17) is 23.2 Å². The lowest BCUT2D eigenvalue weighted by Gasteiger charge is -2.06. The van der Waals surface area contributed by atoms with Crippen molar-refractivity contribution in [1.29, 1.82) is 0 Å². The summed E-state index contributed by atoms with van der Waals surface area (Å²) < 4.78 is 0. The van der Waals surface area contributed by atoms with E-state index in [1.807, 2.05) is 0 Å². The quantitative estimate of drug-likeness (QED) is 0.771. The second-order valence-corrected chi connectivity index (χ2v) is 6.41. The smallest absolute Gasteiger partial charge is 0.228 e. The van der Waals surface area contributed by atoms with Crippen molar-refractivity contribution in [2.45, 2.75) is 25.7 Å². The summed E-state index contributed by atoms with van der Waals surface area (Å²) >= 11 is 11.8. The van der Waals surface area contributed by atoms with E-state index in [1.165, 1.54) is 12.8 Å². The summed E-state index contributed by atoms with van der Waals surface area (Å²) in [5, 5.41) is 3.92. The maximum absolute atomic E-state index is 12.3. The van der Waals surface area contributed by atoms with Gasteiger partial charge in [-0.1, -0.05) is 41.8 Å². The van der Waals surface area contributed by atoms with Crippen LogP contribution in [0.4, 0.5) is 5.69 Å². The van der Waals surface area contributed by atoms with Gasteiger partial charge in [0, 0.05) is 11.6 Å². The van der Waals surface area contributed by atoms with Gasteiger partial charge in [0.25, 0.3) is 0 Å². The van der Waals surface area contributed by atoms with Crippen LogP contribution in [0.2, 0.25) is 10.0 Å². The number of amides is 1. The van der Waals surface area contributed by atoms with Gasteiger partial charge in [0.2, 0.25) is 5.91 Å². The van der Waals surface area contributed by atoms with E-state index >= 15 is 0 Å². The van der Waals surface area contributed by atoms with Gasteiger partial charge in [0.05, 0.1) is 10.0 Å². The normalized spacial score (nSPS) is 28.2. The van der Waals surface area contributed by atoms with Crippen LogP contribution < -0.4 is 5.32 Å². The highest BCUT2D eigenvalue weighted by Crippen LogP contribution is 2.51. The number of benzene rings is 1. The SMILES string of the molecule is O=C(Nc1ccc(Cl)c(Cl)c1)[C@@H]1[C@@H]2C=CCCCC[C@@H]21. The van der Waals surface area contributed by atoms with Crippen molar-refractivity contribution in [3.05, 3.63) is 40.4 Å². The number of hydrogen-bond donors (Lipinski definition) is 1. The molecule has 0 aromatic heterocycles. The molecule has 3 rings (SSSR count). The number of carbonyl (C=O) groups is 1. The molecule has 2 nitrogen and oxygen atoms in total. The third kappa shape index (κ3) is 2.87. The number of anilines is 1. The molecule has 1 N–H and O–H groups in total. The Kier molecular flexibility index (Phi) is 4.04. The molecule has 0 spiro atoms. The van der Waals surface area contributed by atoms with Crippen molar-refractivity contribution >= 4 is 34.8 Å². The molecule has 4 heteroatoms. The molecule has 0 heterocycles. The highest BCUT2D eigenvalue weighted by Gasteiger charge is 2.52. The van der Waals surface area contributed by atoms with Crippen LogP contribution in [-0.4, -0.2) is 5.91 Å². The molecule has 3 atom stereocenters. The largest absolute Gasteiger partial charge is 0.326 e. The van der Waals surface area contributed by atoms with E-state index in [0.717, 1.165) is 12.8 Å². The average Bonchev–Trinajstić information content (AvgIpc) is 3.05. The molecule has 0 unspecified atom stereocenters. The fourth-order valence-corrected chi connectivity index (χ4v) is 3.40. The van der Waals surface area contributed by atoms with Gasteiger partial charge < -0.3 is 5.32 Å². The Morgan fingerprint density at radius 1 is 1.20 bits per heavy atom. The molecule has 1 amide bonds. The third-order valence-electron chi connectivity index (χ3n) is 4.24. The van der Waals surface area contributed by atoms with E-state index in [2.05, 4.69) is 17.5 Å². The molecule has 106 valence electrons. The van der Waals surface area contributed by atoms with E-state index in [-0.39, 0.29) is 11.8 Å². The van der Waals surface area contributed by atoms with Gasteiger partial charge in [-0.05, 0) is 49.3 Å². The monoisotopic (exact) mass is 309 g/mol. The Labute approximate surface area is 129 Å². The average molecular weight is 310 g/mol. The summed E-state index contributed by atoms with van der Waals surface area (Å²) in [5.74, 6) is 1.18. The summed E-state index contributed by atoms with van der Waals surface area (Å²) in [4.78, 5) is 12.3. The molecule has 1 saturated carbocycles. The second kappa shape index (κ2) is 5.79. The second-order valence-electron chi connectivity index (χ2n) is 5.60. The molecule has 0 bridgehead atoms. The predicted octanol–water partition coefficient (Wildman–Crippen LogP) is 4.92. The molecular weight excluding hydrogens is 293 g/mol. The summed E-state index contributed by atoms with van der Waals surface area (Å²) in [6.45, 7) is 0. The minimum Gasteiger partial charge on any atom is -0.326 e. The molecule has 1 aromatic carbocycles. The minimum absolute atomic E-state index is 0.102. The number of hydrogen-bond acceptors (Lipinski definition) is 1. The van der Waals surface area contributed by atoms with Crippen molar-refractivity contribution in [3.8, 4) is 0 Å². The van der Waals surface area contributed by atoms with Gasteiger partial charge in [-0.25, -0.2) is 0 Å². The Balaban J connectivity index is 1.66. The molecule has 1 aromatic rings. The van der Waals surface area contributed by atoms with Gasteiger partial charge in [0.1, 0.15) is 0 Å². The number of carbonyl (C=O) groups excluding carboxylic acids is 1. The molecule has 2 aliphatic rings. The van der Waals surface area contributed by atoms with Crippen LogP contribution in [-0.2, 0) is 4.79 Å². The number of allylic oxidation sites excluding steroid dienone is 2. The zero-order chi connectivity index (χ0) is 14.1. The minimum atomic E-state index is 0.102. The first-order valence-corrected chi connectivity index (χ1v) is 7.85. The van der Waals surface area contributed by atoms with Gasteiger partial charge in [-0.3, -0.25) is 4.79 Å². The molecule has 0 aliphatic heterocycles. The zero-order valence-corrected chi connectivity index (χ0v) is 12.6. The van der Waals surface area contributed by atoms with Crippen molar-refractivity contribution in [3.63, 3.8) is 0 Å². The molecule has 2 aliphatic carbocycles. The zero-order valence-electron chi connectivity index (χ0n) is 11.1. The summed E-state index contributed by atoms with van der Waals surface area (Å²) in [6, 6.07) is 5.18. The highest BCUT2D eigenvalue weighted by molar-refractivity contribution is 6.42. The Morgan fingerprint density at radius 2 is 2.05 bits per heavy atom. The first-order valence-electron chi connectivity index (χ1n) is 7.09. The Morgan fingerprint density at radius 3 is 2.85 bits per heavy atom. The van der Waals surface area contributed by atoms with Crippen LogP contribution in [0.1, 0.15) is 25.7 Å². The molecular formula is C16H17Cl2NO. The van der Waals surface area contributed by atoms with Gasteiger partial charge in [-0.15, -0.1) is 0 Å². The van der Waals surface area contributed by atoms with Gasteiger partial charge >= 0.3 is 0 Å². The van der Waals surface area contributed by atoms with Crippen LogP contribution >= 0.6 is 23.2 Å². The highest BCUT2D eigenvalue weighted by atomic mass is 35.5. The molecule has 20 heavy (non-hydrogen) atoms. The maximum Gasteiger partial charge on any atom is 0.228 e. The van der Waals surface area contributed by atoms with Crippen molar-refractivity contribution < 1.29 is 4.79 Å². The topological polar surface area (TPSA) is 29.1 Å². The lowest BCUT2D eigenvalue weighted by atomic mass is 10.1. The summed E-state index contributed by atoms with van der Waals surface area (Å²) in [7, 11) is 0.